The Morgan fingerprint density at radius 1 is 0.291 bits per heavy atom. The van der Waals surface area contributed by atoms with E-state index in [2.05, 4.69) is 228 Å². The molecule has 0 atom stereocenters. The van der Waals surface area contributed by atoms with Gasteiger partial charge in [-0.25, -0.2) is 0 Å². The van der Waals surface area contributed by atoms with E-state index in [4.69, 9.17) is 0 Å². The summed E-state index contributed by atoms with van der Waals surface area (Å²) in [6.07, 6.45) is 0. The van der Waals surface area contributed by atoms with Gasteiger partial charge in [0.1, 0.15) is 0 Å². The maximum absolute atomic E-state index is 2.44. The number of rotatable bonds is 8. The Morgan fingerprint density at radius 3 is 1.36 bits per heavy atom. The van der Waals surface area contributed by atoms with Gasteiger partial charge in [0, 0.05) is 53.7 Å². The molecule has 0 N–H and O–H groups in total. The molecule has 0 aliphatic heterocycles. The summed E-state index contributed by atoms with van der Waals surface area (Å²) in [4.78, 5) is 4.84. The van der Waals surface area contributed by atoms with Crippen LogP contribution in [0, 0.1) is 0 Å². The Labute approximate surface area is 325 Å². The third-order valence-corrected chi connectivity index (χ3v) is 11.5. The van der Waals surface area contributed by atoms with Gasteiger partial charge in [-0.3, -0.25) is 0 Å². The van der Waals surface area contributed by atoms with Crippen LogP contribution in [0.4, 0.5) is 34.1 Å². The average molecular weight is 721 g/mol. The van der Waals surface area contributed by atoms with E-state index in [1.807, 2.05) is 11.3 Å². The monoisotopic (exact) mass is 720 g/mol. The highest BCUT2D eigenvalue weighted by Gasteiger charge is 2.23. The van der Waals surface area contributed by atoms with Crippen molar-refractivity contribution >= 4 is 76.4 Å². The predicted octanol–water partition coefficient (Wildman–Crippen LogP) is 15.5. The highest BCUT2D eigenvalue weighted by atomic mass is 32.1. The molecule has 0 unspecified atom stereocenters. The van der Waals surface area contributed by atoms with Crippen LogP contribution in [0.15, 0.2) is 218 Å². The summed E-state index contributed by atoms with van der Waals surface area (Å²) in [5.74, 6) is 0. The molecule has 0 amide bonds. The first-order chi connectivity index (χ1) is 27.3. The molecule has 2 nitrogen and oxygen atoms in total. The van der Waals surface area contributed by atoms with Gasteiger partial charge in [0.25, 0.3) is 0 Å². The molecule has 0 radical (unpaired) electrons. The van der Waals surface area contributed by atoms with Gasteiger partial charge < -0.3 is 9.80 Å². The fourth-order valence-electron chi connectivity index (χ4n) is 7.98. The van der Waals surface area contributed by atoms with Crippen LogP contribution in [-0.2, 0) is 0 Å². The highest BCUT2D eigenvalue weighted by molar-refractivity contribution is 7.26. The summed E-state index contributed by atoms with van der Waals surface area (Å²) in [6, 6.07) is 78.7. The molecule has 3 heteroatoms. The number of fused-ring (bicyclic) bond motifs is 5. The predicted molar refractivity (Wildman–Crippen MR) is 237 cm³/mol. The summed E-state index contributed by atoms with van der Waals surface area (Å²) in [6.45, 7) is 0. The van der Waals surface area contributed by atoms with Crippen LogP contribution in [0.5, 0.6) is 0 Å². The van der Waals surface area contributed by atoms with Crippen LogP contribution in [0.1, 0.15) is 0 Å². The third kappa shape index (κ3) is 5.92. The van der Waals surface area contributed by atoms with E-state index in [-0.39, 0.29) is 0 Å². The van der Waals surface area contributed by atoms with Crippen LogP contribution >= 0.6 is 11.3 Å². The van der Waals surface area contributed by atoms with Crippen molar-refractivity contribution in [2.45, 2.75) is 0 Å². The van der Waals surface area contributed by atoms with Crippen molar-refractivity contribution in [3.05, 3.63) is 218 Å². The minimum atomic E-state index is 1.12. The first kappa shape index (κ1) is 32.7. The Morgan fingerprint density at radius 2 is 0.764 bits per heavy atom. The number of hydrogen-bond donors (Lipinski definition) is 0. The maximum Gasteiger partial charge on any atom is 0.0554 e. The molecule has 55 heavy (non-hydrogen) atoms. The van der Waals surface area contributed by atoms with Gasteiger partial charge in [0.2, 0.25) is 0 Å². The maximum atomic E-state index is 2.44. The molecule has 1 heterocycles. The molecule has 260 valence electrons. The van der Waals surface area contributed by atoms with Crippen molar-refractivity contribution in [1.82, 2.24) is 0 Å². The lowest BCUT2D eigenvalue weighted by molar-refractivity contribution is 1.29. The molecular weight excluding hydrogens is 685 g/mol. The van der Waals surface area contributed by atoms with Gasteiger partial charge in [0.15, 0.2) is 0 Å². The molecule has 9 aromatic carbocycles. The van der Waals surface area contributed by atoms with Gasteiger partial charge >= 0.3 is 0 Å². The fraction of sp³-hybridized carbons (Fsp3) is 0. The first-order valence-corrected chi connectivity index (χ1v) is 19.5. The van der Waals surface area contributed by atoms with E-state index in [1.54, 1.807) is 0 Å². The Kier molecular flexibility index (Phi) is 8.40. The average Bonchev–Trinajstić information content (AvgIpc) is 3.64. The summed E-state index contributed by atoms with van der Waals surface area (Å²) in [5, 5.41) is 5.03. The Bertz CT molecular complexity index is 2920. The molecule has 0 aliphatic rings. The Balaban J connectivity index is 1.19. The lowest BCUT2D eigenvalue weighted by Crippen LogP contribution is -2.11. The van der Waals surface area contributed by atoms with Gasteiger partial charge in [-0.15, -0.1) is 11.3 Å². The minimum Gasteiger partial charge on any atom is -0.310 e. The molecule has 0 spiro atoms. The number of thiophene rings is 1. The normalized spacial score (nSPS) is 11.3. The SMILES string of the molecule is c1ccc(-c2ccccc2N(c2ccccc2)c2ccc3c(c2)sc2cc(N(c4ccccc4)c4ccccc4-c4ccccc4)c4ccccc4c23)cc1. The number of hydrogen-bond acceptors (Lipinski definition) is 3. The van der Waals surface area contributed by atoms with Crippen molar-refractivity contribution in [3.8, 4) is 22.3 Å². The Hall–Kier alpha value is -6.94. The van der Waals surface area contributed by atoms with Gasteiger partial charge in [0.05, 0.1) is 17.1 Å². The van der Waals surface area contributed by atoms with E-state index in [1.165, 1.54) is 53.2 Å². The summed E-state index contributed by atoms with van der Waals surface area (Å²) in [5.41, 5.74) is 11.6. The van der Waals surface area contributed by atoms with E-state index in [0.29, 0.717) is 0 Å². The fourth-order valence-corrected chi connectivity index (χ4v) is 9.17. The summed E-state index contributed by atoms with van der Waals surface area (Å²) < 4.78 is 2.51. The molecule has 0 saturated heterocycles. The van der Waals surface area contributed by atoms with E-state index in [9.17, 15) is 0 Å². The first-order valence-electron chi connectivity index (χ1n) is 18.7. The molecule has 0 fully saturated rings. The second-order valence-electron chi connectivity index (χ2n) is 13.7. The molecule has 0 saturated carbocycles. The standard InChI is InChI=1S/C52H36N2S/c1-5-19-37(20-6-1)42-27-15-17-31-47(42)53(39-23-9-3-10-24-39)41-33-34-46-50(35-41)55-51-36-49(44-29-13-14-30-45(44)52(46)51)54(40-25-11-4-12-26-40)48-32-18-16-28-43(48)38-21-7-2-8-22-38/h1-36H. The molecule has 10 aromatic rings. The molecule has 10 rings (SSSR count). The topological polar surface area (TPSA) is 6.48 Å². The van der Waals surface area contributed by atoms with Crippen LogP contribution < -0.4 is 9.80 Å². The van der Waals surface area contributed by atoms with Crippen LogP contribution in [-0.4, -0.2) is 0 Å². The van der Waals surface area contributed by atoms with Gasteiger partial charge in [-0.2, -0.15) is 0 Å². The van der Waals surface area contributed by atoms with E-state index >= 15 is 0 Å². The summed E-state index contributed by atoms with van der Waals surface area (Å²) >= 11 is 1.87. The van der Waals surface area contributed by atoms with Crippen LogP contribution in [0.25, 0.3) is 53.2 Å². The second kappa shape index (κ2) is 14.1. The van der Waals surface area contributed by atoms with E-state index < -0.39 is 0 Å². The second-order valence-corrected chi connectivity index (χ2v) is 14.8. The molecule has 1 aromatic heterocycles. The highest BCUT2D eigenvalue weighted by Crippen LogP contribution is 2.49. The zero-order valence-electron chi connectivity index (χ0n) is 30.1. The minimum absolute atomic E-state index is 1.12. The van der Waals surface area contributed by atoms with Crippen molar-refractivity contribution in [1.29, 1.82) is 0 Å². The van der Waals surface area contributed by atoms with Crippen molar-refractivity contribution in [3.63, 3.8) is 0 Å². The van der Waals surface area contributed by atoms with E-state index in [0.717, 1.165) is 34.1 Å². The molecule has 0 aliphatic carbocycles. The van der Waals surface area contributed by atoms with Crippen LogP contribution in [0.2, 0.25) is 0 Å². The van der Waals surface area contributed by atoms with Gasteiger partial charge in [-0.1, -0.05) is 164 Å². The third-order valence-electron chi connectivity index (χ3n) is 10.4. The zero-order chi connectivity index (χ0) is 36.6. The largest absolute Gasteiger partial charge is 0.310 e. The van der Waals surface area contributed by atoms with Crippen LogP contribution in [0.3, 0.4) is 0 Å². The zero-order valence-corrected chi connectivity index (χ0v) is 30.9. The molecular formula is C52H36N2S. The number of nitrogens with zero attached hydrogens (tertiary/aromatic N) is 2. The van der Waals surface area contributed by atoms with Crippen molar-refractivity contribution in [2.24, 2.45) is 0 Å². The number of anilines is 6. The number of benzene rings is 9. The smallest absolute Gasteiger partial charge is 0.0554 e. The van der Waals surface area contributed by atoms with Gasteiger partial charge in [-0.05, 0) is 71.1 Å². The van der Waals surface area contributed by atoms with Crippen molar-refractivity contribution in [2.75, 3.05) is 9.80 Å². The lowest BCUT2D eigenvalue weighted by atomic mass is 9.98. The summed E-state index contributed by atoms with van der Waals surface area (Å²) in [7, 11) is 0. The number of para-hydroxylation sites is 4. The molecule has 0 bridgehead atoms. The lowest BCUT2D eigenvalue weighted by Gasteiger charge is -2.29. The van der Waals surface area contributed by atoms with Crippen molar-refractivity contribution < 1.29 is 0 Å². The quantitative estimate of drug-likeness (QED) is 0.154.